The van der Waals surface area contributed by atoms with Crippen molar-refractivity contribution in [2.24, 2.45) is 11.3 Å². The molecule has 84 valence electrons. The van der Waals surface area contributed by atoms with E-state index in [1.807, 2.05) is 24.4 Å². The molecule has 0 fully saturated rings. The highest BCUT2D eigenvalue weighted by Crippen LogP contribution is 2.27. The van der Waals surface area contributed by atoms with Crippen LogP contribution in [0.25, 0.3) is 0 Å². The molecule has 0 aliphatic rings. The van der Waals surface area contributed by atoms with Crippen molar-refractivity contribution in [2.45, 2.75) is 40.7 Å². The molecule has 15 heavy (non-hydrogen) atoms. The Labute approximate surface area is 93.1 Å². The van der Waals surface area contributed by atoms with E-state index in [2.05, 4.69) is 44.9 Å². The number of hydrogen-bond acceptors (Lipinski definition) is 2. The molecule has 0 radical (unpaired) electrons. The largest absolute Gasteiger partial charge is 0.367 e. The minimum Gasteiger partial charge on any atom is -0.367 e. The van der Waals surface area contributed by atoms with Gasteiger partial charge in [0.2, 0.25) is 0 Å². The van der Waals surface area contributed by atoms with Crippen LogP contribution in [0.4, 0.5) is 5.82 Å². The average molecular weight is 206 g/mol. The minimum atomic E-state index is 0.242. The molecule has 1 rings (SSSR count). The lowest BCUT2D eigenvalue weighted by atomic mass is 9.80. The molecule has 1 aromatic heterocycles. The number of hydrogen-bond donors (Lipinski definition) is 1. The van der Waals surface area contributed by atoms with Gasteiger partial charge in [0.1, 0.15) is 5.82 Å². The monoisotopic (exact) mass is 206 g/mol. The van der Waals surface area contributed by atoms with Crippen LogP contribution in [0.5, 0.6) is 0 Å². The Kier molecular flexibility index (Phi) is 3.72. The zero-order valence-corrected chi connectivity index (χ0v) is 10.4. The van der Waals surface area contributed by atoms with Crippen molar-refractivity contribution in [1.82, 2.24) is 4.98 Å². The molecule has 2 heteroatoms. The summed E-state index contributed by atoms with van der Waals surface area (Å²) < 4.78 is 0. The highest BCUT2D eigenvalue weighted by molar-refractivity contribution is 5.35. The van der Waals surface area contributed by atoms with Gasteiger partial charge >= 0.3 is 0 Å². The van der Waals surface area contributed by atoms with E-state index in [0.29, 0.717) is 12.0 Å². The number of nitrogens with one attached hydrogen (secondary N) is 1. The first-order chi connectivity index (χ1) is 6.91. The van der Waals surface area contributed by atoms with Crippen LogP contribution in [-0.4, -0.2) is 11.0 Å². The predicted octanol–water partition coefficient (Wildman–Crippen LogP) is 3.56. The van der Waals surface area contributed by atoms with Gasteiger partial charge in [0.15, 0.2) is 0 Å². The van der Waals surface area contributed by atoms with E-state index in [-0.39, 0.29) is 5.41 Å². The summed E-state index contributed by atoms with van der Waals surface area (Å²) in [5.41, 5.74) is 0.242. The van der Waals surface area contributed by atoms with Gasteiger partial charge in [-0.25, -0.2) is 4.98 Å². The Hall–Kier alpha value is -1.05. The molecule has 0 saturated heterocycles. The molecule has 2 nitrogen and oxygen atoms in total. The van der Waals surface area contributed by atoms with Crippen LogP contribution >= 0.6 is 0 Å². The second-order valence-corrected chi connectivity index (χ2v) is 5.45. The third-order valence-electron chi connectivity index (χ3n) is 2.57. The molecule has 0 unspecified atom stereocenters. The molecule has 0 aliphatic carbocycles. The standard InChI is InChI=1S/C13H22N2/c1-10(2)12(13(3,4)5)15-11-8-6-7-9-14-11/h6-10,12H,1-5H3,(H,14,15)/t12-/m0/s1. The molecule has 0 amide bonds. The van der Waals surface area contributed by atoms with Crippen molar-refractivity contribution in [3.63, 3.8) is 0 Å². The molecule has 0 aromatic carbocycles. The quantitative estimate of drug-likeness (QED) is 0.818. The fraction of sp³-hybridized carbons (Fsp3) is 0.615. The number of anilines is 1. The molecule has 0 bridgehead atoms. The number of rotatable bonds is 3. The third-order valence-corrected chi connectivity index (χ3v) is 2.57. The molecular formula is C13H22N2. The Morgan fingerprint density at radius 1 is 1.20 bits per heavy atom. The lowest BCUT2D eigenvalue weighted by molar-refractivity contribution is 0.280. The van der Waals surface area contributed by atoms with E-state index < -0.39 is 0 Å². The molecule has 1 heterocycles. The van der Waals surface area contributed by atoms with Gasteiger partial charge in [-0.2, -0.15) is 0 Å². The van der Waals surface area contributed by atoms with Crippen LogP contribution < -0.4 is 5.32 Å². The highest BCUT2D eigenvalue weighted by Gasteiger charge is 2.27. The van der Waals surface area contributed by atoms with Gasteiger partial charge in [-0.3, -0.25) is 0 Å². The summed E-state index contributed by atoms with van der Waals surface area (Å²) in [6.45, 7) is 11.3. The van der Waals surface area contributed by atoms with Crippen LogP contribution in [0.3, 0.4) is 0 Å². The molecule has 0 aliphatic heterocycles. The van der Waals surface area contributed by atoms with Crippen molar-refractivity contribution in [3.8, 4) is 0 Å². The molecule has 1 N–H and O–H groups in total. The fourth-order valence-electron chi connectivity index (χ4n) is 1.99. The summed E-state index contributed by atoms with van der Waals surface area (Å²) in [5.74, 6) is 1.55. The van der Waals surface area contributed by atoms with Crippen LogP contribution in [0.2, 0.25) is 0 Å². The third kappa shape index (κ3) is 3.54. The van der Waals surface area contributed by atoms with E-state index in [1.165, 1.54) is 0 Å². The van der Waals surface area contributed by atoms with E-state index in [1.54, 1.807) is 0 Å². The summed E-state index contributed by atoms with van der Waals surface area (Å²) in [7, 11) is 0. The molecular weight excluding hydrogens is 184 g/mol. The molecule has 0 saturated carbocycles. The maximum atomic E-state index is 4.30. The number of nitrogens with zero attached hydrogens (tertiary/aromatic N) is 1. The van der Waals surface area contributed by atoms with E-state index in [9.17, 15) is 0 Å². The molecule has 1 aromatic rings. The van der Waals surface area contributed by atoms with Crippen molar-refractivity contribution >= 4 is 5.82 Å². The van der Waals surface area contributed by atoms with Crippen molar-refractivity contribution in [1.29, 1.82) is 0 Å². The smallest absolute Gasteiger partial charge is 0.126 e. The summed E-state index contributed by atoms with van der Waals surface area (Å²) in [6, 6.07) is 6.40. The van der Waals surface area contributed by atoms with E-state index in [4.69, 9.17) is 0 Å². The highest BCUT2D eigenvalue weighted by atomic mass is 15.0. The molecule has 0 spiro atoms. The van der Waals surface area contributed by atoms with E-state index in [0.717, 1.165) is 5.82 Å². The Morgan fingerprint density at radius 2 is 1.87 bits per heavy atom. The van der Waals surface area contributed by atoms with Crippen LogP contribution in [0.1, 0.15) is 34.6 Å². The lowest BCUT2D eigenvalue weighted by Crippen LogP contribution is -2.38. The average Bonchev–Trinajstić information content (AvgIpc) is 2.13. The van der Waals surface area contributed by atoms with E-state index >= 15 is 0 Å². The summed E-state index contributed by atoms with van der Waals surface area (Å²) in [4.78, 5) is 4.30. The van der Waals surface area contributed by atoms with Crippen LogP contribution in [0, 0.1) is 11.3 Å². The topological polar surface area (TPSA) is 24.9 Å². The van der Waals surface area contributed by atoms with Gasteiger partial charge in [0.25, 0.3) is 0 Å². The normalized spacial score (nSPS) is 14.0. The van der Waals surface area contributed by atoms with Crippen molar-refractivity contribution in [2.75, 3.05) is 5.32 Å². The second-order valence-electron chi connectivity index (χ2n) is 5.45. The maximum Gasteiger partial charge on any atom is 0.126 e. The van der Waals surface area contributed by atoms with Crippen molar-refractivity contribution < 1.29 is 0 Å². The Balaban J connectivity index is 2.77. The van der Waals surface area contributed by atoms with Gasteiger partial charge in [0.05, 0.1) is 0 Å². The summed E-state index contributed by atoms with van der Waals surface area (Å²) in [5, 5.41) is 3.51. The molecule has 1 atom stereocenters. The van der Waals surface area contributed by atoms with Crippen molar-refractivity contribution in [3.05, 3.63) is 24.4 Å². The summed E-state index contributed by atoms with van der Waals surface area (Å²) >= 11 is 0. The predicted molar refractivity (Wildman–Crippen MR) is 65.9 cm³/mol. The van der Waals surface area contributed by atoms with Crippen LogP contribution in [-0.2, 0) is 0 Å². The zero-order chi connectivity index (χ0) is 11.5. The Bertz CT molecular complexity index is 285. The summed E-state index contributed by atoms with van der Waals surface area (Å²) in [6.07, 6.45) is 1.82. The van der Waals surface area contributed by atoms with Gasteiger partial charge in [-0.15, -0.1) is 0 Å². The SMILES string of the molecule is CC(C)[C@H](Nc1ccccn1)C(C)(C)C. The fourth-order valence-corrected chi connectivity index (χ4v) is 1.99. The lowest BCUT2D eigenvalue weighted by Gasteiger charge is -2.35. The van der Waals surface area contributed by atoms with Gasteiger partial charge < -0.3 is 5.32 Å². The second kappa shape index (κ2) is 4.65. The first-order valence-corrected chi connectivity index (χ1v) is 5.59. The maximum absolute atomic E-state index is 4.30. The first kappa shape index (κ1) is 12.0. The number of pyridine rings is 1. The van der Waals surface area contributed by atoms with Gasteiger partial charge in [-0.1, -0.05) is 40.7 Å². The Morgan fingerprint density at radius 3 is 2.27 bits per heavy atom. The number of aromatic nitrogens is 1. The van der Waals surface area contributed by atoms with Crippen LogP contribution in [0.15, 0.2) is 24.4 Å². The van der Waals surface area contributed by atoms with Gasteiger partial charge in [0, 0.05) is 12.2 Å². The van der Waals surface area contributed by atoms with Gasteiger partial charge in [-0.05, 0) is 23.5 Å². The minimum absolute atomic E-state index is 0.242. The zero-order valence-electron chi connectivity index (χ0n) is 10.4. The first-order valence-electron chi connectivity index (χ1n) is 5.59.